The molecule has 0 saturated carbocycles. The number of nitrogens with one attached hydrogen (secondary N) is 1. The van der Waals surface area contributed by atoms with Crippen LogP contribution >= 0.6 is 0 Å². The van der Waals surface area contributed by atoms with Crippen molar-refractivity contribution in [1.29, 1.82) is 0 Å². The minimum atomic E-state index is -0.504. The molecule has 1 aliphatic rings. The van der Waals surface area contributed by atoms with Gasteiger partial charge in [0.25, 0.3) is 11.5 Å². The number of amides is 1. The van der Waals surface area contributed by atoms with E-state index in [0.29, 0.717) is 54.6 Å². The summed E-state index contributed by atoms with van der Waals surface area (Å²) in [5, 5.41) is 13.4. The maximum Gasteiger partial charge on any atom is 0.289 e. The number of methoxy groups -OCH3 is 1. The number of aromatic nitrogens is 5. The Morgan fingerprint density at radius 3 is 2.58 bits per heavy atom. The van der Waals surface area contributed by atoms with E-state index in [1.807, 2.05) is 39.0 Å². The number of tetrazole rings is 1. The highest BCUT2D eigenvalue weighted by molar-refractivity contribution is 5.91. The van der Waals surface area contributed by atoms with Crippen LogP contribution in [0.2, 0.25) is 0 Å². The van der Waals surface area contributed by atoms with Crippen molar-refractivity contribution in [2.24, 2.45) is 0 Å². The average molecular weight is 492 g/mol. The van der Waals surface area contributed by atoms with Crippen molar-refractivity contribution in [2.75, 3.05) is 33.3 Å². The Morgan fingerprint density at radius 1 is 1.14 bits per heavy atom. The number of nitrogens with zero attached hydrogens (tertiary/aromatic N) is 6. The first kappa shape index (κ1) is 23.7. The molecule has 1 aliphatic heterocycles. The van der Waals surface area contributed by atoms with Crippen LogP contribution in [0, 0.1) is 0 Å². The number of hydrogen-bond donors (Lipinski definition) is 1. The number of piperazine rings is 1. The highest BCUT2D eigenvalue weighted by Gasteiger charge is 2.36. The van der Waals surface area contributed by atoms with E-state index in [9.17, 15) is 9.59 Å². The second-order valence-corrected chi connectivity index (χ2v) is 9.83. The monoisotopic (exact) mass is 491 g/mol. The van der Waals surface area contributed by atoms with E-state index in [0.717, 1.165) is 5.39 Å². The van der Waals surface area contributed by atoms with Gasteiger partial charge in [-0.1, -0.05) is 0 Å². The summed E-state index contributed by atoms with van der Waals surface area (Å²) in [6.07, 6.45) is 1.49. The van der Waals surface area contributed by atoms with E-state index in [-0.39, 0.29) is 11.5 Å². The molecule has 0 bridgehead atoms. The fourth-order valence-corrected chi connectivity index (χ4v) is 4.61. The number of furan rings is 1. The van der Waals surface area contributed by atoms with Gasteiger partial charge in [0.05, 0.1) is 24.4 Å². The van der Waals surface area contributed by atoms with Gasteiger partial charge in [0, 0.05) is 37.8 Å². The minimum absolute atomic E-state index is 0.145. The van der Waals surface area contributed by atoms with Gasteiger partial charge in [-0.15, -0.1) is 5.10 Å². The maximum atomic E-state index is 13.4. The van der Waals surface area contributed by atoms with Gasteiger partial charge in [0.15, 0.2) is 11.6 Å². The van der Waals surface area contributed by atoms with Crippen molar-refractivity contribution in [3.63, 3.8) is 0 Å². The highest BCUT2D eigenvalue weighted by atomic mass is 16.5. The molecule has 4 aromatic rings. The Bertz CT molecular complexity index is 1430. The molecule has 1 unspecified atom stereocenters. The van der Waals surface area contributed by atoms with Crippen molar-refractivity contribution >= 4 is 16.8 Å². The number of hydrogen-bond acceptors (Lipinski definition) is 8. The molecule has 3 aromatic heterocycles. The normalized spacial score (nSPS) is 15.8. The zero-order valence-corrected chi connectivity index (χ0v) is 20.8. The summed E-state index contributed by atoms with van der Waals surface area (Å²) in [5.74, 6) is 1.41. The predicted molar refractivity (Wildman–Crippen MR) is 132 cm³/mol. The number of carbonyl (C=O) groups excluding carboxylic acids is 1. The Balaban J connectivity index is 1.53. The van der Waals surface area contributed by atoms with E-state index in [2.05, 4.69) is 25.4 Å². The maximum absolute atomic E-state index is 13.4. The first-order valence-corrected chi connectivity index (χ1v) is 11.8. The molecule has 1 amide bonds. The molecule has 1 atom stereocenters. The Morgan fingerprint density at radius 2 is 1.92 bits per heavy atom. The second kappa shape index (κ2) is 9.23. The lowest BCUT2D eigenvalue weighted by Gasteiger charge is -2.39. The van der Waals surface area contributed by atoms with Crippen molar-refractivity contribution in [3.05, 3.63) is 70.2 Å². The first-order valence-electron chi connectivity index (χ1n) is 11.8. The van der Waals surface area contributed by atoms with Crippen molar-refractivity contribution < 1.29 is 13.9 Å². The third kappa shape index (κ3) is 4.37. The number of carbonyl (C=O) groups is 1. The molecule has 0 aliphatic carbocycles. The summed E-state index contributed by atoms with van der Waals surface area (Å²) in [4.78, 5) is 33.1. The van der Waals surface area contributed by atoms with Crippen LogP contribution in [0.5, 0.6) is 5.75 Å². The third-order valence-corrected chi connectivity index (χ3v) is 6.45. The molecule has 11 heteroatoms. The summed E-state index contributed by atoms with van der Waals surface area (Å²) in [7, 11) is 1.59. The lowest BCUT2D eigenvalue weighted by atomic mass is 10.0. The molecular weight excluding hydrogens is 462 g/mol. The number of fused-ring (bicyclic) bond motifs is 1. The second-order valence-electron chi connectivity index (χ2n) is 9.83. The quantitative estimate of drug-likeness (QED) is 0.452. The van der Waals surface area contributed by atoms with E-state index < -0.39 is 11.6 Å². The lowest BCUT2D eigenvalue weighted by molar-refractivity contribution is 0.0555. The smallest absolute Gasteiger partial charge is 0.289 e. The number of aromatic amines is 1. The summed E-state index contributed by atoms with van der Waals surface area (Å²) in [6, 6.07) is 10.3. The van der Waals surface area contributed by atoms with Gasteiger partial charge in [-0.2, -0.15) is 0 Å². The minimum Gasteiger partial charge on any atom is -0.497 e. The van der Waals surface area contributed by atoms with Gasteiger partial charge < -0.3 is 19.0 Å². The molecule has 1 saturated heterocycles. The number of pyridine rings is 1. The molecule has 1 fully saturated rings. The molecule has 1 aromatic carbocycles. The van der Waals surface area contributed by atoms with E-state index in [1.165, 1.54) is 6.26 Å². The molecule has 4 heterocycles. The van der Waals surface area contributed by atoms with Crippen LogP contribution in [0.25, 0.3) is 10.9 Å². The summed E-state index contributed by atoms with van der Waals surface area (Å²) in [5.41, 5.74) is 0.605. The number of ether oxygens (including phenoxy) is 1. The Hall–Kier alpha value is -3.99. The van der Waals surface area contributed by atoms with Gasteiger partial charge in [-0.25, -0.2) is 4.68 Å². The van der Waals surface area contributed by atoms with Crippen LogP contribution in [0.15, 0.2) is 51.9 Å². The molecule has 1 N–H and O–H groups in total. The van der Waals surface area contributed by atoms with E-state index in [4.69, 9.17) is 9.15 Å². The number of benzene rings is 1. The molecular formula is C25H29N7O4. The summed E-state index contributed by atoms with van der Waals surface area (Å²) >= 11 is 0. The fraction of sp³-hybridized carbons (Fsp3) is 0.400. The topological polar surface area (TPSA) is 122 Å². The van der Waals surface area contributed by atoms with E-state index >= 15 is 0 Å². The predicted octanol–water partition coefficient (Wildman–Crippen LogP) is 2.42. The van der Waals surface area contributed by atoms with Gasteiger partial charge >= 0.3 is 0 Å². The molecule has 0 radical (unpaired) electrons. The van der Waals surface area contributed by atoms with Crippen molar-refractivity contribution in [2.45, 2.75) is 32.4 Å². The van der Waals surface area contributed by atoms with E-state index in [1.54, 1.807) is 34.9 Å². The van der Waals surface area contributed by atoms with Crippen molar-refractivity contribution in [1.82, 2.24) is 35.0 Å². The fourth-order valence-electron chi connectivity index (χ4n) is 4.61. The van der Waals surface area contributed by atoms with Gasteiger partial charge in [0.1, 0.15) is 11.8 Å². The van der Waals surface area contributed by atoms with Crippen LogP contribution in [0.4, 0.5) is 0 Å². The van der Waals surface area contributed by atoms with Gasteiger partial charge in [0.2, 0.25) is 0 Å². The van der Waals surface area contributed by atoms with Crippen LogP contribution < -0.4 is 10.3 Å². The third-order valence-electron chi connectivity index (χ3n) is 6.45. The van der Waals surface area contributed by atoms with Crippen LogP contribution in [0.3, 0.4) is 0 Å². The largest absolute Gasteiger partial charge is 0.497 e. The zero-order chi connectivity index (χ0) is 25.4. The molecule has 188 valence electrons. The molecule has 36 heavy (non-hydrogen) atoms. The SMILES string of the molecule is COc1ccc2cc(C(c3nnnn3C(C)(C)C)N3CCN(C(=O)c4ccco4)CC3)c(=O)[nH]c2c1. The summed E-state index contributed by atoms with van der Waals surface area (Å²) in [6.45, 7) is 8.08. The number of rotatable bonds is 5. The van der Waals surface area contributed by atoms with Gasteiger partial charge in [-0.05, 0) is 66.9 Å². The number of H-pyrrole nitrogens is 1. The van der Waals surface area contributed by atoms with Crippen LogP contribution in [-0.2, 0) is 5.54 Å². The average Bonchev–Trinajstić information content (AvgIpc) is 3.57. The first-order chi connectivity index (χ1) is 17.3. The van der Waals surface area contributed by atoms with Crippen LogP contribution in [0.1, 0.15) is 48.8 Å². The molecule has 5 rings (SSSR count). The van der Waals surface area contributed by atoms with Crippen molar-refractivity contribution in [3.8, 4) is 5.75 Å². The molecule has 0 spiro atoms. The Kier molecular flexibility index (Phi) is 6.09. The standard InChI is InChI=1S/C25H29N7O4/c1-25(2,3)32-22(27-28-29-32)21(18-14-16-7-8-17(35-4)15-19(16)26-23(18)33)30-9-11-31(12-10-30)24(34)20-6-5-13-36-20/h5-8,13-15,21H,9-12H2,1-4H3,(H,26,33). The van der Waals surface area contributed by atoms with Gasteiger partial charge in [-0.3, -0.25) is 14.5 Å². The Labute approximate surface area is 207 Å². The zero-order valence-electron chi connectivity index (χ0n) is 20.8. The van der Waals surface area contributed by atoms with Crippen LogP contribution in [-0.4, -0.2) is 74.2 Å². The lowest BCUT2D eigenvalue weighted by Crippen LogP contribution is -2.51. The summed E-state index contributed by atoms with van der Waals surface area (Å²) < 4.78 is 12.4. The highest BCUT2D eigenvalue weighted by Crippen LogP contribution is 2.30. The molecule has 11 nitrogen and oxygen atoms in total.